The number of primary amides is 1. The van der Waals surface area contributed by atoms with Crippen molar-refractivity contribution in [3.8, 4) is 0 Å². The first-order valence-electron chi connectivity index (χ1n) is 6.18. The number of hydrogen-bond donors (Lipinski definition) is 3. The summed E-state index contributed by atoms with van der Waals surface area (Å²) < 4.78 is 5.38. The Labute approximate surface area is 103 Å². The third-order valence-electron chi connectivity index (χ3n) is 2.79. The first kappa shape index (κ1) is 14.4. The van der Waals surface area contributed by atoms with Crippen molar-refractivity contribution in [1.29, 1.82) is 0 Å². The highest BCUT2D eigenvalue weighted by Gasteiger charge is 2.23. The zero-order valence-electron chi connectivity index (χ0n) is 10.7. The van der Waals surface area contributed by atoms with Crippen LogP contribution in [0.1, 0.15) is 33.1 Å². The van der Waals surface area contributed by atoms with Gasteiger partial charge in [-0.3, -0.25) is 4.79 Å². The highest BCUT2D eigenvalue weighted by molar-refractivity contribution is 5.74. The molecule has 0 aromatic rings. The minimum Gasteiger partial charge on any atom is -0.389 e. The summed E-state index contributed by atoms with van der Waals surface area (Å²) in [5.41, 5.74) is 4.75. The predicted octanol–water partition coefficient (Wildman–Crippen LogP) is 0.0175. The van der Waals surface area contributed by atoms with Crippen LogP contribution in [-0.4, -0.2) is 42.4 Å². The van der Waals surface area contributed by atoms with Gasteiger partial charge in [0, 0.05) is 25.1 Å². The van der Waals surface area contributed by atoms with Crippen LogP contribution in [-0.2, 0) is 9.53 Å². The molecule has 0 spiro atoms. The second-order valence-corrected chi connectivity index (χ2v) is 5.54. The molecule has 0 aromatic heterocycles. The highest BCUT2D eigenvalue weighted by Crippen LogP contribution is 2.28. The van der Waals surface area contributed by atoms with Crippen molar-refractivity contribution in [3.05, 3.63) is 0 Å². The van der Waals surface area contributed by atoms with Gasteiger partial charge in [-0.2, -0.15) is 0 Å². The Kier molecular flexibility index (Phi) is 5.36. The van der Waals surface area contributed by atoms with E-state index in [4.69, 9.17) is 10.5 Å². The van der Waals surface area contributed by atoms with Crippen molar-refractivity contribution >= 4 is 5.91 Å². The van der Waals surface area contributed by atoms with Gasteiger partial charge in [-0.05, 0) is 32.6 Å². The first-order chi connectivity index (χ1) is 7.89. The van der Waals surface area contributed by atoms with E-state index in [9.17, 15) is 9.90 Å². The van der Waals surface area contributed by atoms with E-state index in [1.165, 1.54) is 12.8 Å². The summed E-state index contributed by atoms with van der Waals surface area (Å²) in [4.78, 5) is 10.8. The van der Waals surface area contributed by atoms with Crippen LogP contribution in [0.5, 0.6) is 0 Å². The van der Waals surface area contributed by atoms with Crippen LogP contribution in [0.25, 0.3) is 0 Å². The van der Waals surface area contributed by atoms with Crippen molar-refractivity contribution in [2.45, 2.75) is 44.8 Å². The molecule has 0 bridgehead atoms. The number of nitrogens with two attached hydrogens (primary N) is 1. The van der Waals surface area contributed by atoms with Crippen molar-refractivity contribution < 1.29 is 14.6 Å². The molecule has 1 aliphatic rings. The molecule has 0 heterocycles. The van der Waals surface area contributed by atoms with E-state index in [1.807, 2.05) is 13.8 Å². The maximum atomic E-state index is 10.8. The third kappa shape index (κ3) is 7.31. The molecule has 0 aliphatic heterocycles. The lowest BCUT2D eigenvalue weighted by molar-refractivity contribution is -0.119. The highest BCUT2D eigenvalue weighted by atomic mass is 16.5. The molecule has 100 valence electrons. The smallest absolute Gasteiger partial charge is 0.219 e. The van der Waals surface area contributed by atoms with E-state index in [2.05, 4.69) is 5.32 Å². The zero-order valence-corrected chi connectivity index (χ0v) is 10.7. The minimum atomic E-state index is -0.541. The summed E-state index contributed by atoms with van der Waals surface area (Å²) in [7, 11) is 0. The number of hydrogen-bond acceptors (Lipinski definition) is 4. The predicted molar refractivity (Wildman–Crippen MR) is 65.4 cm³/mol. The molecule has 5 nitrogen and oxygen atoms in total. The summed E-state index contributed by atoms with van der Waals surface area (Å²) in [5, 5.41) is 12.8. The molecule has 1 saturated carbocycles. The summed E-state index contributed by atoms with van der Waals surface area (Å²) in [5.74, 6) is 0.364. The van der Waals surface area contributed by atoms with Crippen molar-refractivity contribution in [2.24, 2.45) is 11.7 Å². The van der Waals surface area contributed by atoms with Gasteiger partial charge in [0.05, 0.1) is 12.7 Å². The first-order valence-corrected chi connectivity index (χ1v) is 6.18. The fourth-order valence-electron chi connectivity index (χ4n) is 1.61. The van der Waals surface area contributed by atoms with Crippen molar-refractivity contribution in [2.75, 3.05) is 19.8 Å². The Morgan fingerprint density at radius 2 is 2.24 bits per heavy atom. The summed E-state index contributed by atoms with van der Waals surface area (Å²) in [6, 6.07) is 0. The number of carbonyl (C=O) groups is 1. The molecule has 5 heteroatoms. The topological polar surface area (TPSA) is 84.6 Å². The molecule has 1 rings (SSSR count). The van der Waals surface area contributed by atoms with Gasteiger partial charge in [0.15, 0.2) is 0 Å². The van der Waals surface area contributed by atoms with E-state index in [0.717, 1.165) is 6.61 Å². The fourth-order valence-corrected chi connectivity index (χ4v) is 1.61. The Bertz CT molecular complexity index is 252. The number of aliphatic hydroxyl groups is 1. The molecule has 0 aromatic carbocycles. The molecule has 4 N–H and O–H groups in total. The normalized spacial score (nSPS) is 18.1. The number of amides is 1. The molecule has 1 atom stereocenters. The number of carbonyl (C=O) groups excluding carboxylic acids is 1. The second kappa shape index (κ2) is 6.33. The van der Waals surface area contributed by atoms with Gasteiger partial charge in [0.25, 0.3) is 0 Å². The zero-order chi connectivity index (χ0) is 12.9. The van der Waals surface area contributed by atoms with Gasteiger partial charge < -0.3 is 20.9 Å². The van der Waals surface area contributed by atoms with E-state index in [1.54, 1.807) is 0 Å². The minimum absolute atomic E-state index is 0.253. The molecule has 0 radical (unpaired) electrons. The average Bonchev–Trinajstić information content (AvgIpc) is 2.97. The standard InChI is InChI=1S/C12H24N2O3/c1-12(2,5-11(13)16)14-6-10(15)8-17-7-9-3-4-9/h9-10,14-15H,3-8H2,1-2H3,(H2,13,16). The largest absolute Gasteiger partial charge is 0.389 e. The number of β-amino-alcohol motifs (C(OH)–C–C–N with tert-alkyl or cyclic N) is 1. The van der Waals surface area contributed by atoms with Crippen LogP contribution in [0.15, 0.2) is 0 Å². The quantitative estimate of drug-likeness (QED) is 0.534. The molecule has 1 amide bonds. The van der Waals surface area contributed by atoms with Gasteiger partial charge in [-0.15, -0.1) is 0 Å². The van der Waals surface area contributed by atoms with Gasteiger partial charge in [-0.25, -0.2) is 0 Å². The SMILES string of the molecule is CC(C)(CC(N)=O)NCC(O)COCC1CC1. The second-order valence-electron chi connectivity index (χ2n) is 5.54. The Morgan fingerprint density at radius 3 is 2.76 bits per heavy atom. The van der Waals surface area contributed by atoms with E-state index >= 15 is 0 Å². The summed E-state index contributed by atoms with van der Waals surface area (Å²) in [6.07, 6.45) is 2.21. The molecular weight excluding hydrogens is 220 g/mol. The monoisotopic (exact) mass is 244 g/mol. The Balaban J connectivity index is 2.07. The van der Waals surface area contributed by atoms with Gasteiger partial charge in [0.1, 0.15) is 0 Å². The average molecular weight is 244 g/mol. The molecule has 1 fully saturated rings. The summed E-state index contributed by atoms with van der Waals surface area (Å²) >= 11 is 0. The van der Waals surface area contributed by atoms with Crippen LogP contribution in [0, 0.1) is 5.92 Å². The fraction of sp³-hybridized carbons (Fsp3) is 0.917. The Morgan fingerprint density at radius 1 is 1.59 bits per heavy atom. The molecule has 1 unspecified atom stereocenters. The lowest BCUT2D eigenvalue weighted by Crippen LogP contribution is -2.46. The van der Waals surface area contributed by atoms with Gasteiger partial charge >= 0.3 is 0 Å². The van der Waals surface area contributed by atoms with Crippen LogP contribution < -0.4 is 11.1 Å². The maximum Gasteiger partial charge on any atom is 0.219 e. The van der Waals surface area contributed by atoms with E-state index in [-0.39, 0.29) is 17.9 Å². The number of aliphatic hydroxyl groups excluding tert-OH is 1. The number of rotatable bonds is 9. The van der Waals surface area contributed by atoms with Gasteiger partial charge in [-0.1, -0.05) is 0 Å². The van der Waals surface area contributed by atoms with Crippen LogP contribution >= 0.6 is 0 Å². The van der Waals surface area contributed by atoms with E-state index in [0.29, 0.717) is 19.1 Å². The van der Waals surface area contributed by atoms with Gasteiger partial charge in [0.2, 0.25) is 5.91 Å². The van der Waals surface area contributed by atoms with Crippen LogP contribution in [0.4, 0.5) is 0 Å². The van der Waals surface area contributed by atoms with Crippen LogP contribution in [0.3, 0.4) is 0 Å². The molecule has 17 heavy (non-hydrogen) atoms. The summed E-state index contributed by atoms with van der Waals surface area (Å²) in [6.45, 7) is 5.27. The number of nitrogens with one attached hydrogen (secondary N) is 1. The molecule has 0 saturated heterocycles. The molecule has 1 aliphatic carbocycles. The maximum absolute atomic E-state index is 10.8. The van der Waals surface area contributed by atoms with Crippen LogP contribution in [0.2, 0.25) is 0 Å². The number of ether oxygens (including phenoxy) is 1. The van der Waals surface area contributed by atoms with E-state index < -0.39 is 6.10 Å². The lowest BCUT2D eigenvalue weighted by atomic mass is 10.0. The van der Waals surface area contributed by atoms with Crippen molar-refractivity contribution in [1.82, 2.24) is 5.32 Å². The lowest BCUT2D eigenvalue weighted by Gasteiger charge is -2.26. The third-order valence-corrected chi connectivity index (χ3v) is 2.79. The Hall–Kier alpha value is -0.650. The van der Waals surface area contributed by atoms with Crippen molar-refractivity contribution in [3.63, 3.8) is 0 Å². The molecular formula is C12H24N2O3.